The summed E-state index contributed by atoms with van der Waals surface area (Å²) in [7, 11) is 0. The van der Waals surface area contributed by atoms with E-state index in [1.807, 2.05) is 18.3 Å². The minimum atomic E-state index is 0.607. The van der Waals surface area contributed by atoms with Crippen LogP contribution in [-0.2, 0) is 6.42 Å². The second-order valence-corrected chi connectivity index (χ2v) is 4.28. The van der Waals surface area contributed by atoms with Crippen molar-refractivity contribution in [2.75, 3.05) is 6.54 Å². The summed E-state index contributed by atoms with van der Waals surface area (Å²) >= 11 is 12.1. The Kier molecular flexibility index (Phi) is 3.19. The number of aromatic nitrogens is 1. The summed E-state index contributed by atoms with van der Waals surface area (Å²) < 4.78 is 0. The molecule has 0 fully saturated rings. The summed E-state index contributed by atoms with van der Waals surface area (Å²) in [5.74, 6) is 0. The molecule has 0 aliphatic carbocycles. The third-order valence-electron chi connectivity index (χ3n) is 2.47. The zero-order valence-electron chi connectivity index (χ0n) is 8.19. The molecule has 0 spiro atoms. The van der Waals surface area contributed by atoms with Gasteiger partial charge in [0.05, 0.1) is 15.6 Å². The molecule has 1 aromatic heterocycles. The number of H-pyrrole nitrogens is 1. The van der Waals surface area contributed by atoms with Crippen molar-refractivity contribution in [1.29, 1.82) is 0 Å². The van der Waals surface area contributed by atoms with Crippen LogP contribution >= 0.6 is 23.2 Å². The average Bonchev–Trinajstić information content (AvgIpc) is 2.70. The zero-order valence-corrected chi connectivity index (χ0v) is 9.70. The Hall–Kier alpha value is -0.700. The van der Waals surface area contributed by atoms with Gasteiger partial charge in [-0.3, -0.25) is 0 Å². The van der Waals surface area contributed by atoms with E-state index in [-0.39, 0.29) is 0 Å². The molecular formula is C11H12Cl2N2. The molecule has 0 aliphatic heterocycles. The maximum atomic E-state index is 6.10. The smallest absolute Gasteiger partial charge is 0.0686 e. The van der Waals surface area contributed by atoms with E-state index in [1.165, 1.54) is 5.56 Å². The Morgan fingerprint density at radius 1 is 1.33 bits per heavy atom. The van der Waals surface area contributed by atoms with E-state index in [0.717, 1.165) is 23.7 Å². The van der Waals surface area contributed by atoms with Gasteiger partial charge in [0.25, 0.3) is 0 Å². The third kappa shape index (κ3) is 1.98. The number of rotatable bonds is 3. The van der Waals surface area contributed by atoms with E-state index >= 15 is 0 Å². The molecule has 0 saturated carbocycles. The van der Waals surface area contributed by atoms with Crippen molar-refractivity contribution in [3.63, 3.8) is 0 Å². The van der Waals surface area contributed by atoms with Crippen LogP contribution in [0.5, 0.6) is 0 Å². The molecule has 0 unspecified atom stereocenters. The van der Waals surface area contributed by atoms with E-state index < -0.39 is 0 Å². The minimum absolute atomic E-state index is 0.607. The molecule has 1 heterocycles. The maximum absolute atomic E-state index is 6.10. The molecule has 0 bridgehead atoms. The molecule has 2 nitrogen and oxygen atoms in total. The van der Waals surface area contributed by atoms with E-state index in [2.05, 4.69) is 4.98 Å². The quantitative estimate of drug-likeness (QED) is 0.852. The molecule has 0 amide bonds. The number of hydrogen-bond acceptors (Lipinski definition) is 1. The fraction of sp³-hybridized carbons (Fsp3) is 0.273. The lowest BCUT2D eigenvalue weighted by molar-refractivity contribution is 0.836. The normalized spacial score (nSPS) is 11.1. The predicted octanol–water partition coefficient (Wildman–Crippen LogP) is 3.37. The zero-order chi connectivity index (χ0) is 10.8. The first kappa shape index (κ1) is 10.8. The van der Waals surface area contributed by atoms with Crippen molar-refractivity contribution in [2.45, 2.75) is 12.8 Å². The molecule has 4 heteroatoms. The van der Waals surface area contributed by atoms with Crippen molar-refractivity contribution >= 4 is 34.1 Å². The Labute approximate surface area is 98.4 Å². The Bertz CT molecular complexity index is 477. The van der Waals surface area contributed by atoms with Gasteiger partial charge >= 0.3 is 0 Å². The van der Waals surface area contributed by atoms with Gasteiger partial charge < -0.3 is 10.7 Å². The highest BCUT2D eigenvalue weighted by atomic mass is 35.5. The molecular weight excluding hydrogens is 231 g/mol. The lowest BCUT2D eigenvalue weighted by Crippen LogP contribution is -2.00. The van der Waals surface area contributed by atoms with E-state index in [4.69, 9.17) is 28.9 Å². The van der Waals surface area contributed by atoms with Gasteiger partial charge in [0, 0.05) is 11.6 Å². The number of benzene rings is 1. The van der Waals surface area contributed by atoms with Crippen molar-refractivity contribution in [3.8, 4) is 0 Å². The largest absolute Gasteiger partial charge is 0.361 e. The van der Waals surface area contributed by atoms with Gasteiger partial charge in [0.15, 0.2) is 0 Å². The second kappa shape index (κ2) is 4.44. The van der Waals surface area contributed by atoms with Crippen molar-refractivity contribution < 1.29 is 0 Å². The van der Waals surface area contributed by atoms with Crippen molar-refractivity contribution in [2.24, 2.45) is 5.73 Å². The average molecular weight is 243 g/mol. The summed E-state index contributed by atoms with van der Waals surface area (Å²) in [5, 5.41) is 2.20. The highest BCUT2D eigenvalue weighted by Crippen LogP contribution is 2.33. The van der Waals surface area contributed by atoms with Crippen LogP contribution in [0.4, 0.5) is 0 Å². The molecule has 0 saturated heterocycles. The monoisotopic (exact) mass is 242 g/mol. The lowest BCUT2D eigenvalue weighted by Gasteiger charge is -2.05. The Morgan fingerprint density at radius 3 is 2.87 bits per heavy atom. The van der Waals surface area contributed by atoms with Crippen LogP contribution in [0.2, 0.25) is 10.0 Å². The summed E-state index contributed by atoms with van der Waals surface area (Å²) in [5.41, 5.74) is 7.74. The minimum Gasteiger partial charge on any atom is -0.361 e. The van der Waals surface area contributed by atoms with Crippen LogP contribution < -0.4 is 5.73 Å². The van der Waals surface area contributed by atoms with Gasteiger partial charge in [-0.25, -0.2) is 0 Å². The first-order valence-electron chi connectivity index (χ1n) is 4.88. The van der Waals surface area contributed by atoms with E-state index in [1.54, 1.807) is 0 Å². The molecule has 3 N–H and O–H groups in total. The van der Waals surface area contributed by atoms with Crippen LogP contribution in [0.1, 0.15) is 12.0 Å². The van der Waals surface area contributed by atoms with Crippen molar-refractivity contribution in [1.82, 2.24) is 4.98 Å². The molecule has 1 aromatic carbocycles. The molecule has 0 radical (unpaired) electrons. The highest BCUT2D eigenvalue weighted by Gasteiger charge is 2.09. The molecule has 0 atom stereocenters. The first-order chi connectivity index (χ1) is 7.24. The van der Waals surface area contributed by atoms with Gasteiger partial charge in [-0.15, -0.1) is 0 Å². The standard InChI is InChI=1S/C11H12Cl2N2/c12-9-6-7(2-1-4-14)11-8(10(9)13)3-5-15-11/h3,5-6,15H,1-2,4,14H2. The molecule has 2 rings (SSSR count). The topological polar surface area (TPSA) is 41.8 Å². The van der Waals surface area contributed by atoms with Gasteiger partial charge in [0.1, 0.15) is 0 Å². The first-order valence-corrected chi connectivity index (χ1v) is 5.63. The van der Waals surface area contributed by atoms with E-state index in [9.17, 15) is 0 Å². The number of fused-ring (bicyclic) bond motifs is 1. The van der Waals surface area contributed by atoms with Crippen LogP contribution in [0.15, 0.2) is 18.3 Å². The fourth-order valence-corrected chi connectivity index (χ4v) is 2.17. The summed E-state index contributed by atoms with van der Waals surface area (Å²) in [6.07, 6.45) is 3.75. The number of aryl methyl sites for hydroxylation is 1. The number of aromatic amines is 1. The fourth-order valence-electron chi connectivity index (χ4n) is 1.72. The number of hydrogen-bond donors (Lipinski definition) is 2. The lowest BCUT2D eigenvalue weighted by atomic mass is 10.1. The Balaban J connectivity index is 2.53. The molecule has 2 aromatic rings. The van der Waals surface area contributed by atoms with Crippen LogP contribution in [-0.4, -0.2) is 11.5 Å². The van der Waals surface area contributed by atoms with E-state index in [0.29, 0.717) is 16.6 Å². The van der Waals surface area contributed by atoms with Gasteiger partial charge in [-0.2, -0.15) is 0 Å². The number of nitrogens with two attached hydrogens (primary N) is 1. The number of halogens is 2. The number of nitrogens with one attached hydrogen (secondary N) is 1. The van der Waals surface area contributed by atoms with Crippen LogP contribution in [0.3, 0.4) is 0 Å². The van der Waals surface area contributed by atoms with Crippen molar-refractivity contribution in [3.05, 3.63) is 33.9 Å². The van der Waals surface area contributed by atoms with Gasteiger partial charge in [0.2, 0.25) is 0 Å². The molecule has 80 valence electrons. The second-order valence-electron chi connectivity index (χ2n) is 3.49. The summed E-state index contributed by atoms with van der Waals surface area (Å²) in [6, 6.07) is 3.86. The van der Waals surface area contributed by atoms with Gasteiger partial charge in [-0.05, 0) is 37.1 Å². The predicted molar refractivity (Wildman–Crippen MR) is 65.7 cm³/mol. The molecule has 15 heavy (non-hydrogen) atoms. The van der Waals surface area contributed by atoms with Crippen LogP contribution in [0.25, 0.3) is 10.9 Å². The highest BCUT2D eigenvalue weighted by molar-refractivity contribution is 6.45. The summed E-state index contributed by atoms with van der Waals surface area (Å²) in [6.45, 7) is 0.683. The summed E-state index contributed by atoms with van der Waals surface area (Å²) in [4.78, 5) is 3.18. The molecule has 0 aliphatic rings. The van der Waals surface area contributed by atoms with Crippen LogP contribution in [0, 0.1) is 0 Å². The van der Waals surface area contributed by atoms with Gasteiger partial charge in [-0.1, -0.05) is 23.2 Å². The maximum Gasteiger partial charge on any atom is 0.0686 e. The SMILES string of the molecule is NCCCc1cc(Cl)c(Cl)c2cc[nH]c12. The third-order valence-corrected chi connectivity index (χ3v) is 3.27. The Morgan fingerprint density at radius 2 is 2.13 bits per heavy atom.